The lowest BCUT2D eigenvalue weighted by Crippen LogP contribution is -2.45. The third-order valence-corrected chi connectivity index (χ3v) is 7.37. The lowest BCUT2D eigenvalue weighted by Gasteiger charge is -2.28. The summed E-state index contributed by atoms with van der Waals surface area (Å²) in [6.45, 7) is -0.642. The van der Waals surface area contributed by atoms with Gasteiger partial charge in [-0.2, -0.15) is 13.2 Å². The number of ether oxygens (including phenoxy) is 2. The second kappa shape index (κ2) is 10.3. The summed E-state index contributed by atoms with van der Waals surface area (Å²) in [6, 6.07) is 16.7. The molecular weight excluding hydrogens is 521 g/mol. The summed E-state index contributed by atoms with van der Waals surface area (Å²) < 4.78 is 79.0. The van der Waals surface area contributed by atoms with Gasteiger partial charge < -0.3 is 14.8 Å². The first-order valence-corrected chi connectivity index (χ1v) is 12.5. The van der Waals surface area contributed by atoms with Gasteiger partial charge in [-0.3, -0.25) is 9.10 Å². The minimum atomic E-state index is -4.83. The second-order valence-electron chi connectivity index (χ2n) is 7.79. The standard InChI is InChI=1S/C24H20ClF3N2O5S/c25-20-11-10-16(12-19(20)24(26,27)28)30(36(32,33)18-6-2-1-3-7-18)14-23(31)29-13-17-15-34-21-8-4-5-9-22(21)35-17/h1-12,17H,13-15H2,(H,29,31)/t17-/m0/s1. The minimum absolute atomic E-state index is 0.0131. The maximum absolute atomic E-state index is 13.4. The van der Waals surface area contributed by atoms with E-state index in [0.717, 1.165) is 12.1 Å². The number of rotatable bonds is 7. The number of hydrogen-bond acceptors (Lipinski definition) is 5. The molecule has 0 saturated carbocycles. The number of alkyl halides is 3. The van der Waals surface area contributed by atoms with Gasteiger partial charge in [-0.25, -0.2) is 8.42 Å². The zero-order chi connectivity index (χ0) is 25.9. The van der Waals surface area contributed by atoms with Crippen LogP contribution in [0.1, 0.15) is 5.56 Å². The Morgan fingerprint density at radius 3 is 2.39 bits per heavy atom. The molecule has 1 aliphatic rings. The minimum Gasteiger partial charge on any atom is -0.486 e. The van der Waals surface area contributed by atoms with Crippen molar-refractivity contribution < 1.29 is 35.9 Å². The highest BCUT2D eigenvalue weighted by molar-refractivity contribution is 7.92. The van der Waals surface area contributed by atoms with E-state index in [9.17, 15) is 26.4 Å². The number of carbonyl (C=O) groups is 1. The van der Waals surface area contributed by atoms with Crippen LogP contribution < -0.4 is 19.1 Å². The molecule has 12 heteroatoms. The van der Waals surface area contributed by atoms with Crippen LogP contribution in [0.3, 0.4) is 0 Å². The number of benzene rings is 3. The molecule has 7 nitrogen and oxygen atoms in total. The average molecular weight is 541 g/mol. The molecule has 0 aliphatic carbocycles. The molecule has 3 aromatic carbocycles. The second-order valence-corrected chi connectivity index (χ2v) is 10.1. The third-order valence-electron chi connectivity index (χ3n) is 5.26. The van der Waals surface area contributed by atoms with Crippen LogP contribution in [0.25, 0.3) is 0 Å². The Balaban J connectivity index is 1.56. The number of para-hydroxylation sites is 2. The number of anilines is 1. The van der Waals surface area contributed by atoms with E-state index in [1.807, 2.05) is 0 Å². The zero-order valence-corrected chi connectivity index (χ0v) is 20.1. The van der Waals surface area contributed by atoms with Crippen molar-refractivity contribution in [3.63, 3.8) is 0 Å². The number of halogens is 4. The van der Waals surface area contributed by atoms with Crippen molar-refractivity contribution in [3.8, 4) is 11.5 Å². The molecule has 0 bridgehead atoms. The maximum Gasteiger partial charge on any atom is 0.417 e. The largest absolute Gasteiger partial charge is 0.486 e. The highest BCUT2D eigenvalue weighted by Crippen LogP contribution is 2.38. The van der Waals surface area contributed by atoms with E-state index >= 15 is 0 Å². The van der Waals surface area contributed by atoms with Crippen LogP contribution in [0.5, 0.6) is 11.5 Å². The van der Waals surface area contributed by atoms with Crippen molar-refractivity contribution in [2.45, 2.75) is 17.2 Å². The first-order valence-electron chi connectivity index (χ1n) is 10.7. The number of nitrogens with one attached hydrogen (secondary N) is 1. The highest BCUT2D eigenvalue weighted by atomic mass is 35.5. The van der Waals surface area contributed by atoms with E-state index < -0.39 is 45.3 Å². The highest BCUT2D eigenvalue weighted by Gasteiger charge is 2.35. The quantitative estimate of drug-likeness (QED) is 0.477. The molecule has 36 heavy (non-hydrogen) atoms. The van der Waals surface area contributed by atoms with Crippen LogP contribution in [0.2, 0.25) is 5.02 Å². The van der Waals surface area contributed by atoms with Gasteiger partial charge in [-0.1, -0.05) is 41.9 Å². The summed E-state index contributed by atoms with van der Waals surface area (Å²) in [4.78, 5) is 12.6. The van der Waals surface area contributed by atoms with Gasteiger partial charge in [0.15, 0.2) is 11.5 Å². The van der Waals surface area contributed by atoms with E-state index in [4.69, 9.17) is 21.1 Å². The predicted octanol–water partition coefficient (Wildman–Crippen LogP) is 4.51. The molecule has 0 radical (unpaired) electrons. The molecule has 1 N–H and O–H groups in total. The molecule has 4 rings (SSSR count). The number of amides is 1. The molecule has 1 atom stereocenters. The molecule has 1 heterocycles. The molecule has 3 aromatic rings. The number of hydrogen-bond donors (Lipinski definition) is 1. The number of carbonyl (C=O) groups excluding carboxylic acids is 1. The van der Waals surface area contributed by atoms with E-state index in [-0.39, 0.29) is 23.7 Å². The van der Waals surface area contributed by atoms with E-state index in [1.54, 1.807) is 30.3 Å². The first kappa shape index (κ1) is 25.6. The maximum atomic E-state index is 13.4. The fraction of sp³-hybridized carbons (Fsp3) is 0.208. The van der Waals surface area contributed by atoms with Crippen LogP contribution in [0.15, 0.2) is 77.7 Å². The summed E-state index contributed by atoms with van der Waals surface area (Å²) >= 11 is 5.70. The monoisotopic (exact) mass is 540 g/mol. The van der Waals surface area contributed by atoms with Crippen molar-refractivity contribution in [3.05, 3.63) is 83.4 Å². The Morgan fingerprint density at radius 1 is 1.03 bits per heavy atom. The molecular formula is C24H20ClF3N2O5S. The van der Waals surface area contributed by atoms with Gasteiger partial charge in [0, 0.05) is 0 Å². The van der Waals surface area contributed by atoms with Gasteiger partial charge in [-0.05, 0) is 42.5 Å². The first-order chi connectivity index (χ1) is 17.1. The fourth-order valence-corrected chi connectivity index (χ4v) is 5.16. The van der Waals surface area contributed by atoms with Crippen LogP contribution in [0.4, 0.5) is 18.9 Å². The predicted molar refractivity (Wildman–Crippen MR) is 127 cm³/mol. The molecule has 1 amide bonds. The lowest BCUT2D eigenvalue weighted by atomic mass is 10.2. The number of nitrogens with zero attached hydrogens (tertiary/aromatic N) is 1. The zero-order valence-electron chi connectivity index (χ0n) is 18.5. The smallest absolute Gasteiger partial charge is 0.417 e. The molecule has 0 spiro atoms. The Morgan fingerprint density at radius 2 is 1.69 bits per heavy atom. The Kier molecular flexibility index (Phi) is 7.32. The van der Waals surface area contributed by atoms with Crippen molar-refractivity contribution in [2.75, 3.05) is 24.0 Å². The number of fused-ring (bicyclic) bond motifs is 1. The molecule has 1 aliphatic heterocycles. The molecule has 0 fully saturated rings. The van der Waals surface area contributed by atoms with Crippen LogP contribution in [0, 0.1) is 0 Å². The van der Waals surface area contributed by atoms with E-state index in [1.165, 1.54) is 24.3 Å². The molecule has 0 unspecified atom stereocenters. The summed E-state index contributed by atoms with van der Waals surface area (Å²) in [5.41, 5.74) is -1.58. The van der Waals surface area contributed by atoms with Crippen LogP contribution in [-0.4, -0.2) is 40.1 Å². The van der Waals surface area contributed by atoms with Crippen LogP contribution >= 0.6 is 11.6 Å². The topological polar surface area (TPSA) is 84.9 Å². The SMILES string of the molecule is O=C(CN(c1ccc(Cl)c(C(F)(F)F)c1)S(=O)(=O)c1ccccc1)NC[C@H]1COc2ccccc2O1. The number of sulfonamides is 1. The summed E-state index contributed by atoms with van der Waals surface area (Å²) in [5, 5.41) is 1.97. The Hall–Kier alpha value is -3.44. The summed E-state index contributed by atoms with van der Waals surface area (Å²) in [7, 11) is -4.40. The third kappa shape index (κ3) is 5.68. The van der Waals surface area contributed by atoms with E-state index in [2.05, 4.69) is 5.32 Å². The summed E-state index contributed by atoms with van der Waals surface area (Å²) in [6.07, 6.45) is -5.37. The van der Waals surface area contributed by atoms with Gasteiger partial charge in [0.1, 0.15) is 19.3 Å². The van der Waals surface area contributed by atoms with Crippen molar-refractivity contribution >= 4 is 33.2 Å². The van der Waals surface area contributed by atoms with Gasteiger partial charge in [-0.15, -0.1) is 0 Å². The van der Waals surface area contributed by atoms with Gasteiger partial charge in [0.25, 0.3) is 10.0 Å². The normalized spacial score (nSPS) is 15.3. The van der Waals surface area contributed by atoms with Gasteiger partial charge in [0.2, 0.25) is 5.91 Å². The average Bonchev–Trinajstić information content (AvgIpc) is 2.86. The van der Waals surface area contributed by atoms with Gasteiger partial charge in [0.05, 0.1) is 27.7 Å². The summed E-state index contributed by atoms with van der Waals surface area (Å²) in [5.74, 6) is 0.306. The van der Waals surface area contributed by atoms with Crippen molar-refractivity contribution in [1.82, 2.24) is 5.32 Å². The van der Waals surface area contributed by atoms with E-state index in [0.29, 0.717) is 21.9 Å². The molecule has 0 aromatic heterocycles. The Bertz CT molecular complexity index is 1350. The van der Waals surface area contributed by atoms with Crippen molar-refractivity contribution in [1.29, 1.82) is 0 Å². The molecule has 190 valence electrons. The lowest BCUT2D eigenvalue weighted by molar-refractivity contribution is -0.137. The Labute approximate surface area is 210 Å². The molecule has 0 saturated heterocycles. The van der Waals surface area contributed by atoms with Gasteiger partial charge >= 0.3 is 6.18 Å². The fourth-order valence-electron chi connectivity index (χ4n) is 3.50. The van der Waals surface area contributed by atoms with Crippen molar-refractivity contribution in [2.24, 2.45) is 0 Å². The van der Waals surface area contributed by atoms with Crippen LogP contribution in [-0.2, 0) is 21.0 Å².